The summed E-state index contributed by atoms with van der Waals surface area (Å²) in [6.07, 6.45) is 3.07. The van der Waals surface area contributed by atoms with Crippen LogP contribution in [0, 0.1) is 6.92 Å². The summed E-state index contributed by atoms with van der Waals surface area (Å²) in [6, 6.07) is 11.1. The van der Waals surface area contributed by atoms with Gasteiger partial charge in [-0.1, -0.05) is 29.8 Å². The van der Waals surface area contributed by atoms with Gasteiger partial charge >= 0.3 is 0 Å². The third-order valence-electron chi connectivity index (χ3n) is 3.26. The number of hydrogen-bond donors (Lipinski definition) is 2. The van der Waals surface area contributed by atoms with E-state index in [1.54, 1.807) is 11.3 Å². The van der Waals surface area contributed by atoms with Crippen molar-refractivity contribution >= 4 is 27.3 Å². The van der Waals surface area contributed by atoms with Crippen molar-refractivity contribution < 1.29 is 0 Å². The van der Waals surface area contributed by atoms with Gasteiger partial charge in [0.1, 0.15) is 0 Å². The van der Waals surface area contributed by atoms with E-state index in [0.717, 1.165) is 19.3 Å². The summed E-state index contributed by atoms with van der Waals surface area (Å²) < 4.78 is 1.19. The first-order valence-electron chi connectivity index (χ1n) is 6.42. The Hall–Kier alpha value is -0.680. The topological polar surface area (TPSA) is 38.0 Å². The number of nitrogens with one attached hydrogen (secondary N) is 1. The second-order valence-electron chi connectivity index (χ2n) is 4.78. The minimum absolute atomic E-state index is 0.316. The summed E-state index contributed by atoms with van der Waals surface area (Å²) in [5.41, 5.74) is 5.61. The Morgan fingerprint density at radius 3 is 2.58 bits per heavy atom. The summed E-state index contributed by atoms with van der Waals surface area (Å²) in [4.78, 5) is 1.35. The van der Waals surface area contributed by atoms with Crippen LogP contribution in [0.2, 0.25) is 0 Å². The predicted octanol–water partition coefficient (Wildman–Crippen LogP) is 3.83. The Kier molecular flexibility index (Phi) is 5.58. The van der Waals surface area contributed by atoms with Crippen molar-refractivity contribution in [3.05, 3.63) is 56.2 Å². The summed E-state index contributed by atoms with van der Waals surface area (Å²) >= 11 is 5.34. The van der Waals surface area contributed by atoms with Crippen LogP contribution >= 0.6 is 27.3 Å². The van der Waals surface area contributed by atoms with Crippen molar-refractivity contribution in [2.45, 2.75) is 32.2 Å². The lowest BCUT2D eigenvalue weighted by Crippen LogP contribution is -2.37. The quantitative estimate of drug-likeness (QED) is 0.620. The van der Waals surface area contributed by atoms with E-state index in [0.29, 0.717) is 6.04 Å². The van der Waals surface area contributed by atoms with E-state index in [1.807, 2.05) is 0 Å². The number of aryl methyl sites for hydroxylation is 2. The standard InChI is InChI=1S/C15H19BrN2S/c1-11-2-4-12(5-3-11)6-7-13(18-17)10-15-14(16)8-9-19-15/h2-5,8-9,13,18H,6-7,10,17H2,1H3. The van der Waals surface area contributed by atoms with Gasteiger partial charge in [-0.3, -0.25) is 11.3 Å². The molecule has 19 heavy (non-hydrogen) atoms. The average Bonchev–Trinajstić information content (AvgIpc) is 2.82. The van der Waals surface area contributed by atoms with Gasteiger partial charge in [0.2, 0.25) is 0 Å². The second-order valence-corrected chi connectivity index (χ2v) is 6.64. The molecular formula is C15H19BrN2S. The fourth-order valence-electron chi connectivity index (χ4n) is 2.03. The molecule has 102 valence electrons. The first kappa shape index (κ1) is 14.7. The van der Waals surface area contributed by atoms with Crippen LogP contribution in [-0.4, -0.2) is 6.04 Å². The van der Waals surface area contributed by atoms with Crippen molar-refractivity contribution in [3.63, 3.8) is 0 Å². The molecule has 0 aliphatic carbocycles. The van der Waals surface area contributed by atoms with Crippen LogP contribution in [0.3, 0.4) is 0 Å². The van der Waals surface area contributed by atoms with Crippen molar-refractivity contribution in [3.8, 4) is 0 Å². The molecule has 0 spiro atoms. The van der Waals surface area contributed by atoms with Crippen molar-refractivity contribution in [2.24, 2.45) is 5.84 Å². The SMILES string of the molecule is Cc1ccc(CCC(Cc2sccc2Br)NN)cc1. The normalized spacial score (nSPS) is 12.6. The molecule has 0 aliphatic rings. The summed E-state index contributed by atoms with van der Waals surface area (Å²) in [7, 11) is 0. The fraction of sp³-hybridized carbons (Fsp3) is 0.333. The lowest BCUT2D eigenvalue weighted by molar-refractivity contribution is 0.493. The van der Waals surface area contributed by atoms with Crippen LogP contribution in [0.15, 0.2) is 40.2 Å². The molecule has 1 unspecified atom stereocenters. The average molecular weight is 339 g/mol. The minimum atomic E-state index is 0.316. The number of halogens is 1. The van der Waals surface area contributed by atoms with E-state index in [4.69, 9.17) is 5.84 Å². The third kappa shape index (κ3) is 4.42. The number of thiophene rings is 1. The molecule has 1 atom stereocenters. The Labute approximate surface area is 127 Å². The van der Waals surface area contributed by atoms with Crippen LogP contribution in [0.5, 0.6) is 0 Å². The molecule has 1 heterocycles. The smallest absolute Gasteiger partial charge is 0.0314 e. The molecule has 1 aromatic heterocycles. The van der Waals surface area contributed by atoms with Gasteiger partial charge in [-0.2, -0.15) is 0 Å². The largest absolute Gasteiger partial charge is 0.271 e. The highest BCUT2D eigenvalue weighted by Crippen LogP contribution is 2.24. The van der Waals surface area contributed by atoms with Crippen LogP contribution in [-0.2, 0) is 12.8 Å². The number of nitrogens with two attached hydrogens (primary N) is 1. The zero-order chi connectivity index (χ0) is 13.7. The van der Waals surface area contributed by atoms with Crippen molar-refractivity contribution in [1.82, 2.24) is 5.43 Å². The lowest BCUT2D eigenvalue weighted by Gasteiger charge is -2.15. The van der Waals surface area contributed by atoms with Gasteiger partial charge in [-0.05, 0) is 59.1 Å². The highest BCUT2D eigenvalue weighted by atomic mass is 79.9. The Morgan fingerprint density at radius 1 is 1.26 bits per heavy atom. The molecule has 0 saturated heterocycles. The molecule has 0 bridgehead atoms. The number of hydrazine groups is 1. The highest BCUT2D eigenvalue weighted by molar-refractivity contribution is 9.10. The summed E-state index contributed by atoms with van der Waals surface area (Å²) in [5.74, 6) is 5.67. The second kappa shape index (κ2) is 7.20. The Morgan fingerprint density at radius 2 is 2.00 bits per heavy atom. The molecular weight excluding hydrogens is 320 g/mol. The number of benzene rings is 1. The van der Waals surface area contributed by atoms with E-state index in [2.05, 4.69) is 64.0 Å². The van der Waals surface area contributed by atoms with Crippen LogP contribution < -0.4 is 11.3 Å². The Balaban J connectivity index is 1.89. The molecule has 0 amide bonds. The maximum absolute atomic E-state index is 5.67. The number of rotatable bonds is 6. The lowest BCUT2D eigenvalue weighted by atomic mass is 10.0. The molecule has 2 aromatic rings. The highest BCUT2D eigenvalue weighted by Gasteiger charge is 2.11. The van der Waals surface area contributed by atoms with Crippen molar-refractivity contribution in [2.75, 3.05) is 0 Å². The molecule has 0 fully saturated rings. The first-order valence-corrected chi connectivity index (χ1v) is 8.10. The zero-order valence-electron chi connectivity index (χ0n) is 11.0. The van der Waals surface area contributed by atoms with Gasteiger partial charge in [0, 0.05) is 15.4 Å². The minimum Gasteiger partial charge on any atom is -0.271 e. The van der Waals surface area contributed by atoms with Gasteiger partial charge in [-0.15, -0.1) is 11.3 Å². The molecule has 2 nitrogen and oxygen atoms in total. The Bertz CT molecular complexity index is 507. The molecule has 1 aromatic carbocycles. The monoisotopic (exact) mass is 338 g/mol. The molecule has 2 rings (SSSR count). The van der Waals surface area contributed by atoms with Gasteiger partial charge in [0.15, 0.2) is 0 Å². The van der Waals surface area contributed by atoms with Gasteiger partial charge in [-0.25, -0.2) is 0 Å². The summed E-state index contributed by atoms with van der Waals surface area (Å²) in [6.45, 7) is 2.11. The van der Waals surface area contributed by atoms with E-state index >= 15 is 0 Å². The molecule has 0 saturated carbocycles. The maximum Gasteiger partial charge on any atom is 0.0314 e. The molecule has 3 N–H and O–H groups in total. The van der Waals surface area contributed by atoms with E-state index < -0.39 is 0 Å². The van der Waals surface area contributed by atoms with Gasteiger partial charge in [0.05, 0.1) is 0 Å². The number of hydrogen-bond acceptors (Lipinski definition) is 3. The predicted molar refractivity (Wildman–Crippen MR) is 86.3 cm³/mol. The zero-order valence-corrected chi connectivity index (χ0v) is 13.4. The van der Waals surface area contributed by atoms with Gasteiger partial charge < -0.3 is 0 Å². The third-order valence-corrected chi connectivity index (χ3v) is 5.21. The maximum atomic E-state index is 5.67. The first-order chi connectivity index (χ1) is 9.19. The van der Waals surface area contributed by atoms with Crippen molar-refractivity contribution in [1.29, 1.82) is 0 Å². The molecule has 4 heteroatoms. The van der Waals surface area contributed by atoms with E-state index in [1.165, 1.54) is 20.5 Å². The summed E-state index contributed by atoms with van der Waals surface area (Å²) in [5, 5.41) is 2.10. The van der Waals surface area contributed by atoms with E-state index in [-0.39, 0.29) is 0 Å². The van der Waals surface area contributed by atoms with Crippen LogP contribution in [0.4, 0.5) is 0 Å². The molecule has 0 aliphatic heterocycles. The van der Waals surface area contributed by atoms with Crippen LogP contribution in [0.25, 0.3) is 0 Å². The van der Waals surface area contributed by atoms with Gasteiger partial charge in [0.25, 0.3) is 0 Å². The molecule has 0 radical (unpaired) electrons. The van der Waals surface area contributed by atoms with Crippen LogP contribution in [0.1, 0.15) is 22.4 Å². The fourth-order valence-corrected chi connectivity index (χ4v) is 3.63. The van der Waals surface area contributed by atoms with E-state index in [9.17, 15) is 0 Å².